The summed E-state index contributed by atoms with van der Waals surface area (Å²) in [6, 6.07) is 12.1. The quantitative estimate of drug-likeness (QED) is 0.650. The van der Waals surface area contributed by atoms with Gasteiger partial charge < -0.3 is 14.8 Å². The molecule has 0 aliphatic rings. The van der Waals surface area contributed by atoms with Gasteiger partial charge in [0.1, 0.15) is 0 Å². The summed E-state index contributed by atoms with van der Waals surface area (Å²) in [5, 5.41) is 2.82. The first kappa shape index (κ1) is 22.7. The number of carbonyl (C=O) groups is 1. The van der Waals surface area contributed by atoms with E-state index < -0.39 is 22.0 Å². The number of sulfonamides is 1. The number of amides is 1. The molecule has 0 fully saturated rings. The second-order valence-corrected chi connectivity index (χ2v) is 8.68. The third kappa shape index (κ3) is 6.20. The Morgan fingerprint density at radius 2 is 1.62 bits per heavy atom. The molecule has 29 heavy (non-hydrogen) atoms. The molecule has 0 aromatic heterocycles. The predicted octanol–water partition coefficient (Wildman–Crippen LogP) is 3.03. The van der Waals surface area contributed by atoms with Gasteiger partial charge in [-0.3, -0.25) is 4.79 Å². The summed E-state index contributed by atoms with van der Waals surface area (Å²) in [5.41, 5.74) is 0.810. The Morgan fingerprint density at radius 3 is 2.21 bits per heavy atom. The average Bonchev–Trinajstić information content (AvgIpc) is 2.68. The first-order chi connectivity index (χ1) is 13.6. The highest BCUT2D eigenvalue weighted by Crippen LogP contribution is 2.31. The van der Waals surface area contributed by atoms with Crippen LogP contribution in [0.15, 0.2) is 53.4 Å². The second-order valence-electron chi connectivity index (χ2n) is 6.96. The molecule has 0 radical (unpaired) electrons. The van der Waals surface area contributed by atoms with Crippen LogP contribution in [0.2, 0.25) is 0 Å². The van der Waals surface area contributed by atoms with E-state index >= 15 is 0 Å². The minimum atomic E-state index is -3.78. The minimum Gasteiger partial charge on any atom is -0.493 e. The van der Waals surface area contributed by atoms with Crippen molar-refractivity contribution >= 4 is 15.9 Å². The van der Waals surface area contributed by atoms with Crippen LogP contribution in [-0.4, -0.2) is 33.6 Å². The van der Waals surface area contributed by atoms with Crippen molar-refractivity contribution in [2.45, 2.75) is 50.8 Å². The van der Waals surface area contributed by atoms with Crippen LogP contribution in [0, 0.1) is 0 Å². The second kappa shape index (κ2) is 9.76. The Hall–Kier alpha value is -2.58. The number of nitrogens with one attached hydrogen (secondary N) is 2. The molecule has 2 N–H and O–H groups in total. The molecule has 0 aliphatic carbocycles. The van der Waals surface area contributed by atoms with Crippen molar-refractivity contribution in [3.05, 3.63) is 54.1 Å². The van der Waals surface area contributed by atoms with Crippen molar-refractivity contribution in [3.8, 4) is 11.5 Å². The average molecular weight is 421 g/mol. The fourth-order valence-corrected chi connectivity index (χ4v) is 3.90. The molecule has 1 amide bonds. The van der Waals surface area contributed by atoms with Crippen molar-refractivity contribution in [3.63, 3.8) is 0 Å². The molecule has 7 nitrogen and oxygen atoms in total. The Morgan fingerprint density at radius 1 is 0.966 bits per heavy atom. The third-order valence-corrected chi connectivity index (χ3v) is 5.74. The fraction of sp³-hybridized carbons (Fsp3) is 0.381. The molecule has 0 spiro atoms. The number of ether oxygens (including phenoxy) is 2. The first-order valence-corrected chi connectivity index (χ1v) is 10.8. The van der Waals surface area contributed by atoms with Crippen LogP contribution in [0.5, 0.6) is 11.5 Å². The van der Waals surface area contributed by atoms with Gasteiger partial charge >= 0.3 is 0 Å². The van der Waals surface area contributed by atoms with Crippen molar-refractivity contribution in [1.29, 1.82) is 0 Å². The summed E-state index contributed by atoms with van der Waals surface area (Å²) < 4.78 is 38.3. The monoisotopic (exact) mass is 420 g/mol. The molecule has 0 bridgehead atoms. The molecule has 8 heteroatoms. The lowest BCUT2D eigenvalue weighted by atomic mass is 10.1. The zero-order valence-corrected chi connectivity index (χ0v) is 18.1. The van der Waals surface area contributed by atoms with Crippen LogP contribution in [0.4, 0.5) is 0 Å². The molecular formula is C21H28N2O5S. The lowest BCUT2D eigenvalue weighted by Crippen LogP contribution is -2.45. The zero-order chi connectivity index (χ0) is 21.6. The lowest BCUT2D eigenvalue weighted by Gasteiger charge is -2.20. The number of rotatable bonds is 9. The van der Waals surface area contributed by atoms with Crippen LogP contribution >= 0.6 is 0 Å². The topological polar surface area (TPSA) is 93.7 Å². The molecule has 0 aliphatic heterocycles. The van der Waals surface area contributed by atoms with Crippen molar-refractivity contribution < 1.29 is 22.7 Å². The van der Waals surface area contributed by atoms with Gasteiger partial charge in [-0.05, 0) is 57.5 Å². The van der Waals surface area contributed by atoms with Crippen LogP contribution in [0.3, 0.4) is 0 Å². The molecule has 2 aromatic carbocycles. The predicted molar refractivity (Wildman–Crippen MR) is 112 cm³/mol. The number of benzene rings is 2. The van der Waals surface area contributed by atoms with E-state index in [1.165, 1.54) is 19.1 Å². The highest BCUT2D eigenvalue weighted by atomic mass is 32.2. The van der Waals surface area contributed by atoms with Crippen LogP contribution in [-0.2, 0) is 14.8 Å². The smallest absolute Gasteiger partial charge is 0.241 e. The van der Waals surface area contributed by atoms with E-state index in [9.17, 15) is 13.2 Å². The standard InChI is InChI=1S/C21H28N2O5S/c1-14(2)28-19-12-11-17(13-20(19)27-5)15(3)22-21(24)16(4)23-29(25,26)18-9-7-6-8-10-18/h6-16,23H,1-5H3,(H,22,24)/t15?,16-/m0/s1. The van der Waals surface area contributed by atoms with Gasteiger partial charge in [0.25, 0.3) is 0 Å². The normalized spacial score (nSPS) is 13.6. The maximum absolute atomic E-state index is 12.5. The number of methoxy groups -OCH3 is 1. The molecule has 0 saturated heterocycles. The van der Waals surface area contributed by atoms with Gasteiger partial charge in [0, 0.05) is 0 Å². The third-order valence-electron chi connectivity index (χ3n) is 4.19. The molecule has 0 saturated carbocycles. The summed E-state index contributed by atoms with van der Waals surface area (Å²) in [7, 11) is -2.23. The summed E-state index contributed by atoms with van der Waals surface area (Å²) in [4.78, 5) is 12.6. The van der Waals surface area contributed by atoms with Gasteiger partial charge in [0.05, 0.1) is 30.2 Å². The maximum Gasteiger partial charge on any atom is 0.241 e. The SMILES string of the molecule is COc1cc(C(C)NC(=O)[C@H](C)NS(=O)(=O)c2ccccc2)ccc1OC(C)C. The van der Waals surface area contributed by atoms with Crippen LogP contribution in [0.1, 0.15) is 39.3 Å². The molecule has 2 aromatic rings. The van der Waals surface area contributed by atoms with E-state index in [0.717, 1.165) is 5.56 Å². The number of hydrogen-bond acceptors (Lipinski definition) is 5. The van der Waals surface area contributed by atoms with Gasteiger partial charge in [-0.2, -0.15) is 4.72 Å². The summed E-state index contributed by atoms with van der Waals surface area (Å²) in [5.74, 6) is 0.752. The molecular weight excluding hydrogens is 392 g/mol. The summed E-state index contributed by atoms with van der Waals surface area (Å²) in [6.45, 7) is 7.17. The highest BCUT2D eigenvalue weighted by molar-refractivity contribution is 7.89. The van der Waals surface area contributed by atoms with E-state index in [1.54, 1.807) is 37.4 Å². The number of carbonyl (C=O) groups excluding carboxylic acids is 1. The fourth-order valence-electron chi connectivity index (χ4n) is 2.68. The number of hydrogen-bond donors (Lipinski definition) is 2. The molecule has 2 rings (SSSR count). The Kier molecular flexibility index (Phi) is 7.64. The van der Waals surface area contributed by atoms with Crippen LogP contribution < -0.4 is 19.5 Å². The van der Waals surface area contributed by atoms with E-state index in [-0.39, 0.29) is 17.0 Å². The maximum atomic E-state index is 12.5. The van der Waals surface area contributed by atoms with Crippen LogP contribution in [0.25, 0.3) is 0 Å². The van der Waals surface area contributed by atoms with E-state index in [1.807, 2.05) is 26.8 Å². The van der Waals surface area contributed by atoms with Gasteiger partial charge in [-0.25, -0.2) is 8.42 Å². The first-order valence-electron chi connectivity index (χ1n) is 9.36. The highest BCUT2D eigenvalue weighted by Gasteiger charge is 2.23. The van der Waals surface area contributed by atoms with Gasteiger partial charge in [0.2, 0.25) is 15.9 Å². The summed E-state index contributed by atoms with van der Waals surface area (Å²) in [6.07, 6.45) is 0.00497. The van der Waals surface area contributed by atoms with Gasteiger partial charge in [-0.1, -0.05) is 24.3 Å². The van der Waals surface area contributed by atoms with E-state index in [0.29, 0.717) is 11.5 Å². The Bertz CT molecular complexity index is 929. The molecule has 1 unspecified atom stereocenters. The molecule has 158 valence electrons. The summed E-state index contributed by atoms with van der Waals surface area (Å²) >= 11 is 0. The van der Waals surface area contributed by atoms with E-state index in [4.69, 9.17) is 9.47 Å². The van der Waals surface area contributed by atoms with Crippen molar-refractivity contribution in [2.24, 2.45) is 0 Å². The van der Waals surface area contributed by atoms with Crippen molar-refractivity contribution in [2.75, 3.05) is 7.11 Å². The zero-order valence-electron chi connectivity index (χ0n) is 17.3. The molecule has 0 heterocycles. The van der Waals surface area contributed by atoms with E-state index in [2.05, 4.69) is 10.0 Å². The largest absolute Gasteiger partial charge is 0.493 e. The Labute approximate surface area is 172 Å². The Balaban J connectivity index is 2.06. The lowest BCUT2D eigenvalue weighted by molar-refractivity contribution is -0.123. The minimum absolute atomic E-state index is 0.00497. The van der Waals surface area contributed by atoms with Crippen molar-refractivity contribution in [1.82, 2.24) is 10.0 Å². The van der Waals surface area contributed by atoms with Gasteiger partial charge in [0.15, 0.2) is 11.5 Å². The van der Waals surface area contributed by atoms with Gasteiger partial charge in [-0.15, -0.1) is 0 Å². The molecule has 2 atom stereocenters.